The third-order valence-corrected chi connectivity index (χ3v) is 3.98. The Morgan fingerprint density at radius 1 is 1.21 bits per heavy atom. The summed E-state index contributed by atoms with van der Waals surface area (Å²) >= 11 is 0. The lowest BCUT2D eigenvalue weighted by atomic mass is 10.1. The van der Waals surface area contributed by atoms with E-state index in [4.69, 9.17) is 4.52 Å². The molecule has 0 saturated heterocycles. The van der Waals surface area contributed by atoms with Crippen LogP contribution in [0, 0.1) is 0 Å². The number of amides is 1. The van der Waals surface area contributed by atoms with E-state index in [1.807, 2.05) is 55.5 Å². The van der Waals surface area contributed by atoms with E-state index < -0.39 is 0 Å². The Bertz CT molecular complexity index is 985. The number of nitrogens with one attached hydrogen (secondary N) is 2. The molecule has 24 heavy (non-hydrogen) atoms. The van der Waals surface area contributed by atoms with Crippen molar-refractivity contribution in [3.05, 3.63) is 60.0 Å². The summed E-state index contributed by atoms with van der Waals surface area (Å²) < 4.78 is 5.23. The minimum atomic E-state index is -0.219. The second-order valence-electron chi connectivity index (χ2n) is 5.73. The molecule has 6 nitrogen and oxygen atoms in total. The van der Waals surface area contributed by atoms with Crippen molar-refractivity contribution in [2.75, 3.05) is 0 Å². The number of aromatic nitrogens is 3. The van der Waals surface area contributed by atoms with Crippen molar-refractivity contribution in [1.82, 2.24) is 20.4 Å². The average molecular weight is 320 g/mol. The molecule has 2 aromatic heterocycles. The number of benzene rings is 2. The smallest absolute Gasteiger partial charge is 0.226 e. The van der Waals surface area contributed by atoms with Gasteiger partial charge in [0.25, 0.3) is 0 Å². The first-order valence-corrected chi connectivity index (χ1v) is 7.78. The van der Waals surface area contributed by atoms with Crippen LogP contribution in [0.5, 0.6) is 0 Å². The monoisotopic (exact) mass is 320 g/mol. The predicted molar refractivity (Wildman–Crippen MR) is 90.4 cm³/mol. The Hall–Kier alpha value is -3.15. The van der Waals surface area contributed by atoms with Crippen molar-refractivity contribution >= 4 is 27.9 Å². The Kier molecular flexibility index (Phi) is 3.49. The van der Waals surface area contributed by atoms with E-state index >= 15 is 0 Å². The lowest BCUT2D eigenvalue weighted by molar-refractivity contribution is -0.121. The Balaban J connectivity index is 1.49. The maximum atomic E-state index is 12.3. The molecule has 1 unspecified atom stereocenters. The summed E-state index contributed by atoms with van der Waals surface area (Å²) in [4.78, 5) is 20.1. The number of nitrogens with zero attached hydrogens (tertiary/aromatic N) is 2. The molecule has 0 fully saturated rings. The highest BCUT2D eigenvalue weighted by molar-refractivity contribution is 5.86. The van der Waals surface area contributed by atoms with Gasteiger partial charge in [-0.15, -0.1) is 0 Å². The van der Waals surface area contributed by atoms with E-state index in [1.165, 1.54) is 0 Å². The number of H-pyrrole nitrogens is 1. The van der Waals surface area contributed by atoms with Crippen LogP contribution in [-0.2, 0) is 11.2 Å². The molecular formula is C18H16N4O2. The topological polar surface area (TPSA) is 83.8 Å². The lowest BCUT2D eigenvalue weighted by Crippen LogP contribution is -2.28. The molecular weight excluding hydrogens is 304 g/mol. The van der Waals surface area contributed by atoms with Crippen molar-refractivity contribution in [1.29, 1.82) is 0 Å². The van der Waals surface area contributed by atoms with Crippen LogP contribution in [-0.4, -0.2) is 21.0 Å². The van der Waals surface area contributed by atoms with E-state index in [-0.39, 0.29) is 18.4 Å². The van der Waals surface area contributed by atoms with Gasteiger partial charge in [0.15, 0.2) is 5.58 Å². The van der Waals surface area contributed by atoms with Crippen LogP contribution in [0.3, 0.4) is 0 Å². The number of fused-ring (bicyclic) bond motifs is 2. The summed E-state index contributed by atoms with van der Waals surface area (Å²) in [7, 11) is 0. The van der Waals surface area contributed by atoms with E-state index in [9.17, 15) is 4.79 Å². The molecule has 0 bridgehead atoms. The molecule has 1 atom stereocenters. The quantitative estimate of drug-likeness (QED) is 0.605. The van der Waals surface area contributed by atoms with Gasteiger partial charge in [-0.3, -0.25) is 4.79 Å². The van der Waals surface area contributed by atoms with Gasteiger partial charge in [-0.1, -0.05) is 29.4 Å². The molecule has 0 saturated carbocycles. The summed E-state index contributed by atoms with van der Waals surface area (Å²) in [5.41, 5.74) is 3.16. The average Bonchev–Trinajstić information content (AvgIpc) is 3.19. The Labute approximate surface area is 137 Å². The Morgan fingerprint density at radius 3 is 2.88 bits per heavy atom. The van der Waals surface area contributed by atoms with Crippen LogP contribution < -0.4 is 5.32 Å². The highest BCUT2D eigenvalue weighted by atomic mass is 16.5. The van der Waals surface area contributed by atoms with E-state index in [1.54, 1.807) is 0 Å². The summed E-state index contributed by atoms with van der Waals surface area (Å²) in [5, 5.41) is 7.80. The second-order valence-corrected chi connectivity index (χ2v) is 5.73. The normalized spacial score (nSPS) is 12.5. The van der Waals surface area contributed by atoms with Gasteiger partial charge in [-0.2, -0.15) is 0 Å². The number of aromatic amines is 1. The molecule has 1 amide bonds. The summed E-state index contributed by atoms with van der Waals surface area (Å²) in [6.07, 6.45) is 0.168. The highest BCUT2D eigenvalue weighted by Gasteiger charge is 2.16. The molecule has 0 aliphatic rings. The molecule has 0 aliphatic heterocycles. The van der Waals surface area contributed by atoms with Crippen molar-refractivity contribution in [3.63, 3.8) is 0 Å². The molecule has 0 aliphatic carbocycles. The fourth-order valence-electron chi connectivity index (χ4n) is 2.76. The van der Waals surface area contributed by atoms with Crippen molar-refractivity contribution < 1.29 is 9.32 Å². The van der Waals surface area contributed by atoms with Crippen LogP contribution in [0.4, 0.5) is 0 Å². The zero-order valence-electron chi connectivity index (χ0n) is 13.1. The fourth-order valence-corrected chi connectivity index (χ4v) is 2.76. The van der Waals surface area contributed by atoms with Crippen molar-refractivity contribution in [2.45, 2.75) is 19.4 Å². The molecule has 0 spiro atoms. The van der Waals surface area contributed by atoms with Gasteiger partial charge in [-0.25, -0.2) is 4.98 Å². The van der Waals surface area contributed by atoms with Gasteiger partial charge < -0.3 is 14.8 Å². The minimum Gasteiger partial charge on any atom is -0.356 e. The Morgan fingerprint density at radius 2 is 2.00 bits per heavy atom. The molecule has 4 rings (SSSR count). The maximum absolute atomic E-state index is 12.3. The minimum absolute atomic E-state index is 0.123. The lowest BCUT2D eigenvalue weighted by Gasteiger charge is -2.10. The first-order valence-electron chi connectivity index (χ1n) is 7.78. The standard InChI is InChI=1S/C18H16N4O2/c1-11(18-20-13-7-3-4-8-14(13)21-18)19-17(23)10-15-12-6-2-5-9-16(12)24-22-15/h2-9,11H,10H2,1H3,(H,19,23)(H,20,21). The van der Waals surface area contributed by atoms with Gasteiger partial charge in [0.2, 0.25) is 5.91 Å². The summed E-state index contributed by atoms with van der Waals surface area (Å²) in [6, 6.07) is 15.1. The van der Waals surface area contributed by atoms with Gasteiger partial charge in [0.1, 0.15) is 11.5 Å². The van der Waals surface area contributed by atoms with Crippen LogP contribution >= 0.6 is 0 Å². The number of rotatable bonds is 4. The van der Waals surface area contributed by atoms with Gasteiger partial charge in [-0.05, 0) is 31.2 Å². The summed E-state index contributed by atoms with van der Waals surface area (Å²) in [5.74, 6) is 0.608. The molecule has 2 aromatic carbocycles. The van der Waals surface area contributed by atoms with Crippen molar-refractivity contribution in [3.8, 4) is 0 Å². The van der Waals surface area contributed by atoms with Crippen molar-refractivity contribution in [2.24, 2.45) is 0 Å². The number of hydrogen-bond acceptors (Lipinski definition) is 4. The van der Waals surface area contributed by atoms with Crippen LogP contribution in [0.2, 0.25) is 0 Å². The summed E-state index contributed by atoms with van der Waals surface area (Å²) in [6.45, 7) is 1.90. The third-order valence-electron chi connectivity index (χ3n) is 3.98. The SMILES string of the molecule is CC(NC(=O)Cc1noc2ccccc12)c1nc2ccccc2[nH]1. The zero-order valence-corrected chi connectivity index (χ0v) is 13.1. The first-order chi connectivity index (χ1) is 11.7. The largest absolute Gasteiger partial charge is 0.356 e. The molecule has 2 N–H and O–H groups in total. The highest BCUT2D eigenvalue weighted by Crippen LogP contribution is 2.19. The third kappa shape index (κ3) is 2.62. The van der Waals surface area contributed by atoms with Gasteiger partial charge in [0, 0.05) is 5.39 Å². The van der Waals surface area contributed by atoms with E-state index in [0.29, 0.717) is 11.3 Å². The van der Waals surface area contributed by atoms with E-state index in [2.05, 4.69) is 20.4 Å². The molecule has 4 aromatic rings. The zero-order chi connectivity index (χ0) is 16.5. The predicted octanol–water partition coefficient (Wildman–Crippen LogP) is 3.12. The number of carbonyl (C=O) groups is 1. The second kappa shape index (κ2) is 5.81. The van der Waals surface area contributed by atoms with Crippen LogP contribution in [0.1, 0.15) is 24.5 Å². The molecule has 6 heteroatoms. The number of imidazole rings is 1. The van der Waals surface area contributed by atoms with E-state index in [0.717, 1.165) is 22.2 Å². The van der Waals surface area contributed by atoms with Crippen LogP contribution in [0.25, 0.3) is 22.0 Å². The van der Waals surface area contributed by atoms with Crippen LogP contribution in [0.15, 0.2) is 53.1 Å². The molecule has 0 radical (unpaired) electrons. The van der Waals surface area contributed by atoms with Gasteiger partial charge in [0.05, 0.1) is 23.5 Å². The molecule has 120 valence electrons. The maximum Gasteiger partial charge on any atom is 0.226 e. The number of carbonyl (C=O) groups excluding carboxylic acids is 1. The molecule has 2 heterocycles. The first kappa shape index (κ1) is 14.4. The fraction of sp³-hybridized carbons (Fsp3) is 0.167. The number of para-hydroxylation sites is 3. The van der Waals surface area contributed by atoms with Gasteiger partial charge >= 0.3 is 0 Å². The number of hydrogen-bond donors (Lipinski definition) is 2.